The average Bonchev–Trinajstić information content (AvgIpc) is 2.69. The molecule has 0 aliphatic carbocycles. The van der Waals surface area contributed by atoms with Crippen LogP contribution in [0, 0.1) is 5.92 Å². The second kappa shape index (κ2) is 9.77. The first-order chi connectivity index (χ1) is 14.0. The van der Waals surface area contributed by atoms with Crippen molar-refractivity contribution in [3.63, 3.8) is 0 Å². The van der Waals surface area contributed by atoms with Gasteiger partial charge in [-0.15, -0.1) is 0 Å². The lowest BCUT2D eigenvalue weighted by molar-refractivity contribution is -0.136. The molecule has 1 aromatic carbocycles. The first-order valence-electron chi connectivity index (χ1n) is 8.95. The van der Waals surface area contributed by atoms with Crippen molar-refractivity contribution in [1.82, 2.24) is 9.13 Å². The van der Waals surface area contributed by atoms with Gasteiger partial charge in [-0.3, -0.25) is 18.7 Å². The van der Waals surface area contributed by atoms with Crippen LogP contribution in [0.3, 0.4) is 0 Å². The van der Waals surface area contributed by atoms with Crippen molar-refractivity contribution in [2.75, 3.05) is 12.3 Å². The number of nitrogens with zero attached hydrogens (tertiary/aromatic N) is 2. The Morgan fingerprint density at radius 3 is 2.47 bits per heavy atom. The smallest absolute Gasteiger partial charge is 0.332 e. The SMILES string of the molecule is CC(C)Cn1c(N)c(C(=O)COC(=O)C=Cc2ccc(Cl)c(Cl)c2)c(=O)n(C)c1=O. The molecule has 1 aromatic heterocycles. The van der Waals surface area contributed by atoms with Crippen LogP contribution in [0.4, 0.5) is 5.82 Å². The molecule has 0 saturated carbocycles. The molecule has 0 spiro atoms. The number of carbonyl (C=O) groups excluding carboxylic acids is 2. The van der Waals surface area contributed by atoms with Crippen molar-refractivity contribution in [3.8, 4) is 0 Å². The highest BCUT2D eigenvalue weighted by Gasteiger charge is 2.22. The van der Waals surface area contributed by atoms with E-state index < -0.39 is 29.6 Å². The van der Waals surface area contributed by atoms with Crippen LogP contribution in [0.15, 0.2) is 33.9 Å². The molecule has 8 nitrogen and oxygen atoms in total. The second-order valence-corrected chi connectivity index (χ2v) is 7.76. The van der Waals surface area contributed by atoms with Gasteiger partial charge in [0.25, 0.3) is 5.56 Å². The molecule has 2 aromatic rings. The normalized spacial score (nSPS) is 11.3. The van der Waals surface area contributed by atoms with Crippen molar-refractivity contribution in [2.24, 2.45) is 13.0 Å². The molecule has 10 heteroatoms. The molecule has 0 aliphatic rings. The summed E-state index contributed by atoms with van der Waals surface area (Å²) in [5.41, 5.74) is 4.67. The minimum Gasteiger partial charge on any atom is -0.454 e. The number of ketones is 1. The Morgan fingerprint density at radius 2 is 1.87 bits per heavy atom. The summed E-state index contributed by atoms with van der Waals surface area (Å²) in [6.45, 7) is 3.25. The molecular weight excluding hydrogens is 433 g/mol. The number of nitrogens with two attached hydrogens (primary N) is 1. The number of ether oxygens (including phenoxy) is 1. The van der Waals surface area contributed by atoms with Crippen LogP contribution >= 0.6 is 23.2 Å². The Balaban J connectivity index is 2.17. The van der Waals surface area contributed by atoms with Crippen LogP contribution in [0.25, 0.3) is 6.08 Å². The third kappa shape index (κ3) is 5.40. The van der Waals surface area contributed by atoms with Crippen molar-refractivity contribution in [3.05, 3.63) is 66.3 Å². The molecule has 0 fully saturated rings. The third-order valence-electron chi connectivity index (χ3n) is 4.11. The largest absolute Gasteiger partial charge is 0.454 e. The van der Waals surface area contributed by atoms with Gasteiger partial charge in [0, 0.05) is 19.7 Å². The van der Waals surface area contributed by atoms with Gasteiger partial charge in [0.2, 0.25) is 5.78 Å². The summed E-state index contributed by atoms with van der Waals surface area (Å²) in [4.78, 5) is 49.1. The van der Waals surface area contributed by atoms with Crippen molar-refractivity contribution in [1.29, 1.82) is 0 Å². The molecule has 2 N–H and O–H groups in total. The molecule has 0 amide bonds. The van der Waals surface area contributed by atoms with Gasteiger partial charge in [-0.05, 0) is 29.7 Å². The maximum absolute atomic E-state index is 12.5. The van der Waals surface area contributed by atoms with Gasteiger partial charge in [0.05, 0.1) is 10.0 Å². The van der Waals surface area contributed by atoms with Crippen LogP contribution in [-0.2, 0) is 23.1 Å². The molecule has 30 heavy (non-hydrogen) atoms. The summed E-state index contributed by atoms with van der Waals surface area (Å²) >= 11 is 11.7. The van der Waals surface area contributed by atoms with Gasteiger partial charge in [-0.2, -0.15) is 0 Å². The van der Waals surface area contributed by atoms with Crippen LogP contribution in [-0.4, -0.2) is 27.5 Å². The number of rotatable bonds is 7. The highest BCUT2D eigenvalue weighted by atomic mass is 35.5. The molecule has 0 unspecified atom stereocenters. The van der Waals surface area contributed by atoms with Crippen LogP contribution < -0.4 is 17.0 Å². The number of aromatic nitrogens is 2. The van der Waals surface area contributed by atoms with E-state index >= 15 is 0 Å². The Kier molecular flexibility index (Phi) is 7.64. The fourth-order valence-corrected chi connectivity index (χ4v) is 2.93. The van der Waals surface area contributed by atoms with E-state index in [9.17, 15) is 19.2 Å². The standard InChI is InChI=1S/C20H21Cl2N3O5/c1-11(2)9-25-18(23)17(19(28)24(3)20(25)29)15(26)10-30-16(27)7-5-12-4-6-13(21)14(22)8-12/h4-8,11H,9-10,23H2,1-3H3. The lowest BCUT2D eigenvalue weighted by Crippen LogP contribution is -2.43. The topological polar surface area (TPSA) is 113 Å². The van der Waals surface area contributed by atoms with Crippen molar-refractivity contribution in [2.45, 2.75) is 20.4 Å². The van der Waals surface area contributed by atoms with Gasteiger partial charge in [0.15, 0.2) is 6.61 Å². The molecule has 2 rings (SSSR count). The number of carbonyl (C=O) groups is 2. The summed E-state index contributed by atoms with van der Waals surface area (Å²) in [7, 11) is 1.25. The Labute approximate surface area is 182 Å². The second-order valence-electron chi connectivity index (χ2n) is 6.95. The van der Waals surface area contributed by atoms with Crippen LogP contribution in [0.5, 0.6) is 0 Å². The van der Waals surface area contributed by atoms with E-state index in [-0.39, 0.29) is 23.8 Å². The van der Waals surface area contributed by atoms with Gasteiger partial charge in [0.1, 0.15) is 11.4 Å². The minimum atomic E-state index is -0.843. The number of halogens is 2. The van der Waals surface area contributed by atoms with E-state index in [2.05, 4.69) is 0 Å². The Bertz CT molecular complexity index is 1130. The highest BCUT2D eigenvalue weighted by molar-refractivity contribution is 6.42. The Hall–Kier alpha value is -2.84. The first kappa shape index (κ1) is 23.4. The number of esters is 1. The molecule has 0 atom stereocenters. The quantitative estimate of drug-likeness (QED) is 0.391. The van der Waals surface area contributed by atoms with E-state index in [1.165, 1.54) is 13.1 Å². The zero-order valence-electron chi connectivity index (χ0n) is 16.6. The monoisotopic (exact) mass is 453 g/mol. The third-order valence-corrected chi connectivity index (χ3v) is 4.85. The molecule has 1 heterocycles. The van der Waals surface area contributed by atoms with E-state index in [1.54, 1.807) is 18.2 Å². The summed E-state index contributed by atoms with van der Waals surface area (Å²) in [5, 5.41) is 0.699. The predicted molar refractivity (Wildman–Crippen MR) is 116 cm³/mol. The zero-order valence-corrected chi connectivity index (χ0v) is 18.2. The molecule has 0 bridgehead atoms. The van der Waals surface area contributed by atoms with Crippen molar-refractivity contribution < 1.29 is 14.3 Å². The van der Waals surface area contributed by atoms with Crippen LogP contribution in [0.2, 0.25) is 10.0 Å². The molecule has 160 valence electrons. The number of hydrogen-bond donors (Lipinski definition) is 1. The minimum absolute atomic E-state index is 0.0507. The van der Waals surface area contributed by atoms with E-state index in [1.807, 2.05) is 13.8 Å². The van der Waals surface area contributed by atoms with E-state index in [0.717, 1.165) is 15.2 Å². The summed E-state index contributed by atoms with van der Waals surface area (Å²) in [6, 6.07) is 4.77. The summed E-state index contributed by atoms with van der Waals surface area (Å²) in [5.74, 6) is -1.80. The molecule has 0 radical (unpaired) electrons. The van der Waals surface area contributed by atoms with Gasteiger partial charge < -0.3 is 10.5 Å². The molecular formula is C20H21Cl2N3O5. The first-order valence-corrected chi connectivity index (χ1v) is 9.70. The average molecular weight is 454 g/mol. The maximum atomic E-state index is 12.5. The van der Waals surface area contributed by atoms with Crippen LogP contribution in [0.1, 0.15) is 29.8 Å². The predicted octanol–water partition coefficient (Wildman–Crippen LogP) is 2.53. The lowest BCUT2D eigenvalue weighted by Gasteiger charge is -2.16. The summed E-state index contributed by atoms with van der Waals surface area (Å²) < 4.78 is 6.87. The van der Waals surface area contributed by atoms with Gasteiger partial charge >= 0.3 is 11.7 Å². The fourth-order valence-electron chi connectivity index (χ4n) is 2.62. The number of Topliss-reactive ketones (excluding diaryl/α,β-unsaturated/α-hetero) is 1. The number of nitrogen functional groups attached to an aromatic ring is 1. The summed E-state index contributed by atoms with van der Waals surface area (Å²) in [6.07, 6.45) is 2.54. The lowest BCUT2D eigenvalue weighted by atomic mass is 10.1. The highest BCUT2D eigenvalue weighted by Crippen LogP contribution is 2.23. The number of hydrogen-bond acceptors (Lipinski definition) is 6. The van der Waals surface area contributed by atoms with Crippen molar-refractivity contribution >= 4 is 46.8 Å². The maximum Gasteiger partial charge on any atom is 0.332 e. The van der Waals surface area contributed by atoms with Gasteiger partial charge in [-0.25, -0.2) is 9.59 Å². The van der Waals surface area contributed by atoms with E-state index in [4.69, 9.17) is 33.7 Å². The number of anilines is 1. The Morgan fingerprint density at radius 1 is 1.20 bits per heavy atom. The fraction of sp³-hybridized carbons (Fsp3) is 0.300. The van der Waals surface area contributed by atoms with E-state index in [0.29, 0.717) is 15.6 Å². The molecule has 0 aliphatic heterocycles. The zero-order chi connectivity index (χ0) is 22.6. The number of benzene rings is 1. The van der Waals surface area contributed by atoms with Gasteiger partial charge in [-0.1, -0.05) is 43.1 Å². The molecule has 0 saturated heterocycles.